The molecule has 76 valence electrons. The van der Waals surface area contributed by atoms with E-state index in [2.05, 4.69) is 28.8 Å². The summed E-state index contributed by atoms with van der Waals surface area (Å²) in [6.07, 6.45) is 4.53. The third-order valence-corrected chi connectivity index (χ3v) is 2.79. The Bertz CT molecular complexity index is 160. The van der Waals surface area contributed by atoms with Crippen molar-refractivity contribution < 1.29 is 0 Å². The standard InChI is InChI=1S/C10H21N3/c1-4-13(9-11-2)10-5-7-12(3)8-6-10/h9-10H,4-8H2,1-3H3. The van der Waals surface area contributed by atoms with Gasteiger partial charge in [0.15, 0.2) is 0 Å². The lowest BCUT2D eigenvalue weighted by molar-refractivity contribution is 0.183. The van der Waals surface area contributed by atoms with Gasteiger partial charge < -0.3 is 9.80 Å². The molecule has 3 heteroatoms. The van der Waals surface area contributed by atoms with Crippen LogP contribution in [0.15, 0.2) is 4.99 Å². The van der Waals surface area contributed by atoms with Crippen LogP contribution in [-0.2, 0) is 0 Å². The Morgan fingerprint density at radius 3 is 2.54 bits per heavy atom. The molecular weight excluding hydrogens is 162 g/mol. The van der Waals surface area contributed by atoms with Crippen LogP contribution < -0.4 is 0 Å². The third-order valence-electron chi connectivity index (χ3n) is 2.79. The Balaban J connectivity index is 2.41. The third kappa shape index (κ3) is 2.99. The minimum Gasteiger partial charge on any atom is -0.360 e. The summed E-state index contributed by atoms with van der Waals surface area (Å²) >= 11 is 0. The van der Waals surface area contributed by atoms with E-state index >= 15 is 0 Å². The molecule has 3 nitrogen and oxygen atoms in total. The SMILES string of the molecule is CCN(C=NC)C1CCN(C)CC1. The van der Waals surface area contributed by atoms with Crippen molar-refractivity contribution >= 4 is 6.34 Å². The van der Waals surface area contributed by atoms with Crippen LogP contribution >= 0.6 is 0 Å². The maximum Gasteiger partial charge on any atom is 0.0848 e. The molecule has 0 aromatic heterocycles. The van der Waals surface area contributed by atoms with Gasteiger partial charge in [-0.05, 0) is 39.9 Å². The molecule has 1 aliphatic rings. The van der Waals surface area contributed by atoms with Crippen molar-refractivity contribution in [2.75, 3.05) is 33.7 Å². The zero-order valence-electron chi connectivity index (χ0n) is 9.03. The first-order valence-electron chi connectivity index (χ1n) is 5.14. The van der Waals surface area contributed by atoms with Crippen LogP contribution in [0.4, 0.5) is 0 Å². The Morgan fingerprint density at radius 1 is 1.46 bits per heavy atom. The van der Waals surface area contributed by atoms with E-state index in [0.717, 1.165) is 6.54 Å². The summed E-state index contributed by atoms with van der Waals surface area (Å²) in [6.45, 7) is 5.71. The van der Waals surface area contributed by atoms with E-state index in [0.29, 0.717) is 6.04 Å². The second kappa shape index (κ2) is 5.22. The van der Waals surface area contributed by atoms with E-state index in [-0.39, 0.29) is 0 Å². The van der Waals surface area contributed by atoms with Crippen LogP contribution in [0.25, 0.3) is 0 Å². The van der Waals surface area contributed by atoms with Gasteiger partial charge in [-0.3, -0.25) is 4.99 Å². The molecule has 0 bridgehead atoms. The zero-order chi connectivity index (χ0) is 9.68. The largest absolute Gasteiger partial charge is 0.360 e. The molecule has 0 aromatic carbocycles. The number of likely N-dealkylation sites (tertiary alicyclic amines) is 1. The van der Waals surface area contributed by atoms with E-state index in [1.165, 1.54) is 25.9 Å². The highest BCUT2D eigenvalue weighted by atomic mass is 15.2. The number of aliphatic imine (C=N–C) groups is 1. The highest BCUT2D eigenvalue weighted by Crippen LogP contribution is 2.13. The molecule has 13 heavy (non-hydrogen) atoms. The minimum atomic E-state index is 0.713. The average Bonchev–Trinajstić information content (AvgIpc) is 2.16. The molecule has 0 aliphatic carbocycles. The maximum atomic E-state index is 4.09. The topological polar surface area (TPSA) is 18.8 Å². The first-order valence-corrected chi connectivity index (χ1v) is 5.14. The molecule has 1 saturated heterocycles. The van der Waals surface area contributed by atoms with Gasteiger partial charge >= 0.3 is 0 Å². The summed E-state index contributed by atoms with van der Waals surface area (Å²) in [5.74, 6) is 0. The summed E-state index contributed by atoms with van der Waals surface area (Å²) in [7, 11) is 4.04. The fraction of sp³-hybridized carbons (Fsp3) is 0.900. The smallest absolute Gasteiger partial charge is 0.0848 e. The van der Waals surface area contributed by atoms with Crippen molar-refractivity contribution in [3.8, 4) is 0 Å². The molecule has 1 rings (SSSR count). The van der Waals surface area contributed by atoms with Crippen molar-refractivity contribution in [1.82, 2.24) is 9.80 Å². The van der Waals surface area contributed by atoms with Gasteiger partial charge in [-0.1, -0.05) is 0 Å². The van der Waals surface area contributed by atoms with Gasteiger partial charge in [0.05, 0.1) is 6.34 Å². The van der Waals surface area contributed by atoms with E-state index in [9.17, 15) is 0 Å². The van der Waals surface area contributed by atoms with Crippen molar-refractivity contribution in [3.05, 3.63) is 0 Å². The molecule has 0 amide bonds. The number of piperidine rings is 1. The first-order chi connectivity index (χ1) is 6.27. The lowest BCUT2D eigenvalue weighted by atomic mass is 10.0. The molecule has 0 aromatic rings. The van der Waals surface area contributed by atoms with Gasteiger partial charge in [0, 0.05) is 19.6 Å². The number of rotatable bonds is 3. The summed E-state index contributed by atoms with van der Waals surface area (Å²) in [5, 5.41) is 0. The average molecular weight is 183 g/mol. The van der Waals surface area contributed by atoms with Gasteiger partial charge in [-0.15, -0.1) is 0 Å². The van der Waals surface area contributed by atoms with Crippen molar-refractivity contribution in [1.29, 1.82) is 0 Å². The van der Waals surface area contributed by atoms with Crippen LogP contribution in [0.1, 0.15) is 19.8 Å². The summed E-state index contributed by atoms with van der Waals surface area (Å²) < 4.78 is 0. The Morgan fingerprint density at radius 2 is 2.08 bits per heavy atom. The number of hydrogen-bond donors (Lipinski definition) is 0. The van der Waals surface area contributed by atoms with Crippen molar-refractivity contribution in [3.63, 3.8) is 0 Å². The molecule has 0 radical (unpaired) electrons. The van der Waals surface area contributed by atoms with Crippen LogP contribution in [0.2, 0.25) is 0 Å². The van der Waals surface area contributed by atoms with E-state index in [4.69, 9.17) is 0 Å². The normalized spacial score (nSPS) is 21.2. The molecule has 0 saturated carbocycles. The second-order valence-corrected chi connectivity index (χ2v) is 3.74. The van der Waals surface area contributed by atoms with Gasteiger partial charge in [0.25, 0.3) is 0 Å². The van der Waals surface area contributed by atoms with Gasteiger partial charge in [-0.25, -0.2) is 0 Å². The van der Waals surface area contributed by atoms with Gasteiger partial charge in [0.1, 0.15) is 0 Å². The van der Waals surface area contributed by atoms with Crippen LogP contribution in [0, 0.1) is 0 Å². The molecule has 0 N–H and O–H groups in total. The van der Waals surface area contributed by atoms with Crippen molar-refractivity contribution in [2.45, 2.75) is 25.8 Å². The number of hydrogen-bond acceptors (Lipinski definition) is 2. The predicted octanol–water partition coefficient (Wildman–Crippen LogP) is 1.06. The lowest BCUT2D eigenvalue weighted by Gasteiger charge is -2.35. The van der Waals surface area contributed by atoms with E-state index in [1.54, 1.807) is 0 Å². The zero-order valence-corrected chi connectivity index (χ0v) is 9.03. The van der Waals surface area contributed by atoms with Crippen LogP contribution in [0.3, 0.4) is 0 Å². The molecule has 0 atom stereocenters. The minimum absolute atomic E-state index is 0.713. The molecular formula is C10H21N3. The number of nitrogens with zero attached hydrogens (tertiary/aromatic N) is 3. The lowest BCUT2D eigenvalue weighted by Crippen LogP contribution is -2.43. The molecule has 0 spiro atoms. The van der Waals surface area contributed by atoms with E-state index < -0.39 is 0 Å². The quantitative estimate of drug-likeness (QED) is 0.481. The first kappa shape index (κ1) is 10.5. The highest BCUT2D eigenvalue weighted by molar-refractivity contribution is 5.55. The van der Waals surface area contributed by atoms with Crippen LogP contribution in [0.5, 0.6) is 0 Å². The summed E-state index contributed by atoms with van der Waals surface area (Å²) in [4.78, 5) is 8.84. The van der Waals surface area contributed by atoms with E-state index in [1.807, 2.05) is 13.4 Å². The predicted molar refractivity (Wildman–Crippen MR) is 57.3 cm³/mol. The summed E-state index contributed by atoms with van der Waals surface area (Å²) in [5.41, 5.74) is 0. The monoisotopic (exact) mass is 183 g/mol. The Labute approximate surface area is 81.4 Å². The second-order valence-electron chi connectivity index (χ2n) is 3.74. The van der Waals surface area contributed by atoms with Crippen LogP contribution in [-0.4, -0.2) is 55.9 Å². The fourth-order valence-electron chi connectivity index (χ4n) is 1.91. The molecule has 0 unspecified atom stereocenters. The van der Waals surface area contributed by atoms with Gasteiger partial charge in [0.2, 0.25) is 0 Å². The van der Waals surface area contributed by atoms with Crippen molar-refractivity contribution in [2.24, 2.45) is 4.99 Å². The fourth-order valence-corrected chi connectivity index (χ4v) is 1.91. The molecule has 1 aliphatic heterocycles. The maximum absolute atomic E-state index is 4.09. The Kier molecular flexibility index (Phi) is 4.22. The molecule has 1 fully saturated rings. The molecule has 1 heterocycles. The Hall–Kier alpha value is -0.570. The van der Waals surface area contributed by atoms with Gasteiger partial charge in [-0.2, -0.15) is 0 Å². The highest BCUT2D eigenvalue weighted by Gasteiger charge is 2.19. The summed E-state index contributed by atoms with van der Waals surface area (Å²) in [6, 6.07) is 0.713.